The summed E-state index contributed by atoms with van der Waals surface area (Å²) in [5, 5.41) is 0. The first-order valence-corrected chi connectivity index (χ1v) is 5.59. The van der Waals surface area contributed by atoms with Crippen molar-refractivity contribution in [2.75, 3.05) is 5.73 Å². The molecule has 0 amide bonds. The number of nitrogens with two attached hydrogens (primary N) is 2. The average Bonchev–Trinajstić information content (AvgIpc) is 2.33. The lowest BCUT2D eigenvalue weighted by Gasteiger charge is -2.12. The van der Waals surface area contributed by atoms with Crippen molar-refractivity contribution in [2.24, 2.45) is 5.73 Å². The van der Waals surface area contributed by atoms with E-state index >= 15 is 0 Å². The first kappa shape index (κ1) is 11.5. The smallest absolute Gasteiger partial charge is 0.126 e. The fourth-order valence-electron chi connectivity index (χ4n) is 1.80. The van der Waals surface area contributed by atoms with E-state index in [9.17, 15) is 0 Å². The van der Waals surface area contributed by atoms with Crippen LogP contribution >= 0.6 is 0 Å². The maximum absolute atomic E-state index is 6.10. The molecule has 0 radical (unpaired) electrons. The molecule has 0 bridgehead atoms. The highest BCUT2D eigenvalue weighted by Gasteiger charge is 2.07. The third-order valence-corrected chi connectivity index (χ3v) is 2.66. The van der Waals surface area contributed by atoms with Crippen LogP contribution < -0.4 is 11.5 Å². The lowest BCUT2D eigenvalue weighted by Crippen LogP contribution is -2.26. The number of rotatable bonds is 4. The molecule has 1 atom stereocenters. The van der Waals surface area contributed by atoms with Crippen molar-refractivity contribution in [2.45, 2.75) is 18.9 Å². The summed E-state index contributed by atoms with van der Waals surface area (Å²) in [6, 6.07) is 7.85. The van der Waals surface area contributed by atoms with Gasteiger partial charge in [0.2, 0.25) is 0 Å². The normalized spacial score (nSPS) is 12.3. The van der Waals surface area contributed by atoms with Crippen LogP contribution in [0.1, 0.15) is 11.1 Å². The van der Waals surface area contributed by atoms with Gasteiger partial charge in [0.05, 0.1) is 0 Å². The highest BCUT2D eigenvalue weighted by molar-refractivity contribution is 5.39. The molecule has 4 N–H and O–H groups in total. The molecule has 4 heteroatoms. The molecule has 0 saturated carbocycles. The maximum Gasteiger partial charge on any atom is 0.126 e. The van der Waals surface area contributed by atoms with Crippen LogP contribution in [0.4, 0.5) is 5.82 Å². The average molecular weight is 228 g/mol. The molecule has 0 aliphatic heterocycles. The zero-order valence-corrected chi connectivity index (χ0v) is 9.58. The monoisotopic (exact) mass is 228 g/mol. The Labute approximate surface area is 101 Å². The molecular weight excluding hydrogens is 212 g/mol. The van der Waals surface area contributed by atoms with Crippen LogP contribution in [0.15, 0.2) is 42.9 Å². The molecule has 0 fully saturated rings. The van der Waals surface area contributed by atoms with E-state index in [0.29, 0.717) is 5.82 Å². The van der Waals surface area contributed by atoms with Crippen LogP contribution in [-0.2, 0) is 12.8 Å². The van der Waals surface area contributed by atoms with Gasteiger partial charge in [-0.05, 0) is 42.2 Å². The lowest BCUT2D eigenvalue weighted by atomic mass is 10.0. The molecule has 2 aromatic rings. The molecule has 0 aliphatic rings. The van der Waals surface area contributed by atoms with E-state index in [2.05, 4.69) is 9.97 Å². The molecular formula is C13H16N4. The van der Waals surface area contributed by atoms with Gasteiger partial charge in [0, 0.05) is 24.6 Å². The summed E-state index contributed by atoms with van der Waals surface area (Å²) in [4.78, 5) is 8.03. The van der Waals surface area contributed by atoms with E-state index in [0.717, 1.165) is 18.4 Å². The summed E-state index contributed by atoms with van der Waals surface area (Å²) < 4.78 is 0. The maximum atomic E-state index is 6.10. The van der Waals surface area contributed by atoms with Crippen molar-refractivity contribution in [1.29, 1.82) is 0 Å². The molecule has 0 spiro atoms. The number of aromatic nitrogens is 2. The Balaban J connectivity index is 1.98. The third-order valence-electron chi connectivity index (χ3n) is 2.66. The Kier molecular flexibility index (Phi) is 3.67. The topological polar surface area (TPSA) is 77.8 Å². The van der Waals surface area contributed by atoms with Crippen LogP contribution in [0.2, 0.25) is 0 Å². The molecule has 0 aliphatic carbocycles. The van der Waals surface area contributed by atoms with Gasteiger partial charge in [-0.15, -0.1) is 0 Å². The number of hydrogen-bond donors (Lipinski definition) is 2. The second kappa shape index (κ2) is 5.41. The van der Waals surface area contributed by atoms with Gasteiger partial charge in [-0.25, -0.2) is 4.98 Å². The number of hydrogen-bond acceptors (Lipinski definition) is 4. The minimum atomic E-state index is 0.0453. The predicted octanol–water partition coefficient (Wildman–Crippen LogP) is 1.17. The highest BCUT2D eigenvalue weighted by atomic mass is 14.8. The fraction of sp³-hybridized carbons (Fsp3) is 0.231. The van der Waals surface area contributed by atoms with Crippen molar-refractivity contribution in [3.05, 3.63) is 54.0 Å². The number of pyridine rings is 2. The number of nitrogen functional groups attached to an aromatic ring is 1. The lowest BCUT2D eigenvalue weighted by molar-refractivity contribution is 0.664. The predicted molar refractivity (Wildman–Crippen MR) is 68.3 cm³/mol. The molecule has 88 valence electrons. The molecule has 4 nitrogen and oxygen atoms in total. The second-order valence-electron chi connectivity index (χ2n) is 4.07. The Morgan fingerprint density at radius 3 is 2.53 bits per heavy atom. The minimum Gasteiger partial charge on any atom is -0.383 e. The molecule has 2 aromatic heterocycles. The molecule has 17 heavy (non-hydrogen) atoms. The van der Waals surface area contributed by atoms with Crippen LogP contribution in [-0.4, -0.2) is 16.0 Å². The largest absolute Gasteiger partial charge is 0.383 e. The van der Waals surface area contributed by atoms with Crippen LogP contribution in [0.5, 0.6) is 0 Å². The number of nitrogens with zero attached hydrogens (tertiary/aromatic N) is 2. The number of anilines is 1. The fourth-order valence-corrected chi connectivity index (χ4v) is 1.80. The van der Waals surface area contributed by atoms with Gasteiger partial charge in [-0.3, -0.25) is 4.98 Å². The SMILES string of the molecule is Nc1ncccc1CC(N)Cc1ccncc1. The van der Waals surface area contributed by atoms with Gasteiger partial charge in [0.25, 0.3) is 0 Å². The van der Waals surface area contributed by atoms with Gasteiger partial charge in [-0.1, -0.05) is 6.07 Å². The van der Waals surface area contributed by atoms with Crippen molar-refractivity contribution in [1.82, 2.24) is 9.97 Å². The molecule has 2 rings (SSSR count). The zero-order chi connectivity index (χ0) is 12.1. The molecule has 1 unspecified atom stereocenters. The second-order valence-corrected chi connectivity index (χ2v) is 4.07. The Morgan fingerprint density at radius 2 is 1.82 bits per heavy atom. The van der Waals surface area contributed by atoms with E-state index in [1.807, 2.05) is 24.3 Å². The summed E-state index contributed by atoms with van der Waals surface area (Å²) in [6.07, 6.45) is 6.80. The Bertz CT molecular complexity index is 470. The zero-order valence-electron chi connectivity index (χ0n) is 9.58. The van der Waals surface area contributed by atoms with Crippen molar-refractivity contribution in [3.8, 4) is 0 Å². The Hall–Kier alpha value is -1.94. The van der Waals surface area contributed by atoms with Gasteiger partial charge in [0.1, 0.15) is 5.82 Å². The molecule has 2 heterocycles. The van der Waals surface area contributed by atoms with E-state index in [1.165, 1.54) is 5.56 Å². The summed E-state index contributed by atoms with van der Waals surface area (Å²) in [5.41, 5.74) is 14.1. The molecule has 0 saturated heterocycles. The van der Waals surface area contributed by atoms with Gasteiger partial charge < -0.3 is 11.5 Å². The van der Waals surface area contributed by atoms with Gasteiger partial charge >= 0.3 is 0 Å². The van der Waals surface area contributed by atoms with Crippen molar-refractivity contribution >= 4 is 5.82 Å². The summed E-state index contributed by atoms with van der Waals surface area (Å²) >= 11 is 0. The third kappa shape index (κ3) is 3.26. The summed E-state index contributed by atoms with van der Waals surface area (Å²) in [6.45, 7) is 0. The van der Waals surface area contributed by atoms with Crippen LogP contribution in [0, 0.1) is 0 Å². The van der Waals surface area contributed by atoms with E-state index < -0.39 is 0 Å². The summed E-state index contributed by atoms with van der Waals surface area (Å²) in [7, 11) is 0. The van der Waals surface area contributed by atoms with E-state index in [-0.39, 0.29) is 6.04 Å². The minimum absolute atomic E-state index is 0.0453. The highest BCUT2D eigenvalue weighted by Crippen LogP contribution is 2.11. The van der Waals surface area contributed by atoms with E-state index in [1.54, 1.807) is 18.6 Å². The Morgan fingerprint density at radius 1 is 1.06 bits per heavy atom. The van der Waals surface area contributed by atoms with Crippen molar-refractivity contribution < 1.29 is 0 Å². The van der Waals surface area contributed by atoms with Crippen LogP contribution in [0.3, 0.4) is 0 Å². The van der Waals surface area contributed by atoms with Gasteiger partial charge in [-0.2, -0.15) is 0 Å². The standard InChI is InChI=1S/C13H16N4/c14-12(8-10-3-6-16-7-4-10)9-11-2-1-5-17-13(11)15/h1-7,12H,8-9,14H2,(H2,15,17). The quantitative estimate of drug-likeness (QED) is 0.823. The van der Waals surface area contributed by atoms with E-state index in [4.69, 9.17) is 11.5 Å². The first-order valence-electron chi connectivity index (χ1n) is 5.59. The van der Waals surface area contributed by atoms with Crippen molar-refractivity contribution in [3.63, 3.8) is 0 Å². The summed E-state index contributed by atoms with van der Waals surface area (Å²) in [5.74, 6) is 0.567. The molecule has 0 aromatic carbocycles. The first-order chi connectivity index (χ1) is 8.25. The van der Waals surface area contributed by atoms with Gasteiger partial charge in [0.15, 0.2) is 0 Å². The van der Waals surface area contributed by atoms with Crippen LogP contribution in [0.25, 0.3) is 0 Å².